The highest BCUT2D eigenvalue weighted by atomic mass is 32.1. The summed E-state index contributed by atoms with van der Waals surface area (Å²) in [4.78, 5) is 0. The second kappa shape index (κ2) is 7.76. The lowest BCUT2D eigenvalue weighted by Crippen LogP contribution is -2.42. The van der Waals surface area contributed by atoms with E-state index in [9.17, 15) is 0 Å². The van der Waals surface area contributed by atoms with Crippen molar-refractivity contribution in [2.45, 2.75) is 58.1 Å². The Morgan fingerprint density at radius 3 is 2.62 bits per heavy atom. The van der Waals surface area contributed by atoms with Gasteiger partial charge in [0.1, 0.15) is 0 Å². The largest absolute Gasteiger partial charge is 0.376 e. The standard InChI is InChI=1S/C17H26N2OS/c1-4-12(2)14-7-9-15(10-8-14)19-17(21)18-13(3)16-6-5-11-20-16/h7-10,12-13,16H,4-6,11H2,1-3H3,(H2,18,19,21)/t12-,13+,16-/m0/s1. The van der Waals surface area contributed by atoms with Crippen LogP contribution in [0.1, 0.15) is 51.5 Å². The number of nitrogens with one attached hydrogen (secondary N) is 2. The van der Waals surface area contributed by atoms with Gasteiger partial charge in [0, 0.05) is 12.3 Å². The van der Waals surface area contributed by atoms with Crippen LogP contribution < -0.4 is 10.6 Å². The summed E-state index contributed by atoms with van der Waals surface area (Å²) >= 11 is 5.38. The minimum absolute atomic E-state index is 0.242. The van der Waals surface area contributed by atoms with E-state index in [2.05, 4.69) is 55.7 Å². The van der Waals surface area contributed by atoms with Crippen LogP contribution in [-0.4, -0.2) is 23.9 Å². The van der Waals surface area contributed by atoms with E-state index < -0.39 is 0 Å². The van der Waals surface area contributed by atoms with Crippen LogP contribution in [0.25, 0.3) is 0 Å². The maximum atomic E-state index is 5.67. The number of rotatable bonds is 5. The van der Waals surface area contributed by atoms with E-state index in [1.165, 1.54) is 5.56 Å². The summed E-state index contributed by atoms with van der Waals surface area (Å²) in [7, 11) is 0. The average molecular weight is 306 g/mol. The highest BCUT2D eigenvalue weighted by Crippen LogP contribution is 2.20. The molecule has 0 bridgehead atoms. The van der Waals surface area contributed by atoms with Crippen LogP contribution in [0, 0.1) is 0 Å². The smallest absolute Gasteiger partial charge is 0.171 e. The van der Waals surface area contributed by atoms with Crippen molar-refractivity contribution >= 4 is 23.0 Å². The monoisotopic (exact) mass is 306 g/mol. The van der Waals surface area contributed by atoms with E-state index in [1.54, 1.807) is 0 Å². The van der Waals surface area contributed by atoms with E-state index in [-0.39, 0.29) is 12.1 Å². The van der Waals surface area contributed by atoms with Crippen LogP contribution in [0.15, 0.2) is 24.3 Å². The Balaban J connectivity index is 1.84. The van der Waals surface area contributed by atoms with Crippen molar-refractivity contribution in [2.75, 3.05) is 11.9 Å². The quantitative estimate of drug-likeness (QED) is 0.804. The molecule has 1 aliphatic rings. The van der Waals surface area contributed by atoms with Crippen LogP contribution in [-0.2, 0) is 4.74 Å². The fraction of sp³-hybridized carbons (Fsp3) is 0.588. The number of anilines is 1. The van der Waals surface area contributed by atoms with Gasteiger partial charge >= 0.3 is 0 Å². The van der Waals surface area contributed by atoms with Crippen LogP contribution in [0.3, 0.4) is 0 Å². The van der Waals surface area contributed by atoms with Crippen molar-refractivity contribution in [1.82, 2.24) is 5.32 Å². The molecule has 1 aliphatic heterocycles. The third-order valence-corrected chi connectivity index (χ3v) is 4.45. The van der Waals surface area contributed by atoms with Crippen molar-refractivity contribution < 1.29 is 4.74 Å². The van der Waals surface area contributed by atoms with Gasteiger partial charge in [0.15, 0.2) is 5.11 Å². The normalized spacial score (nSPS) is 20.8. The Morgan fingerprint density at radius 2 is 2.05 bits per heavy atom. The van der Waals surface area contributed by atoms with Crippen molar-refractivity contribution in [2.24, 2.45) is 0 Å². The Morgan fingerprint density at radius 1 is 1.33 bits per heavy atom. The molecule has 1 fully saturated rings. The number of ether oxygens (including phenoxy) is 1. The van der Waals surface area contributed by atoms with E-state index in [0.29, 0.717) is 11.0 Å². The second-order valence-electron chi connectivity index (χ2n) is 5.87. The summed E-state index contributed by atoms with van der Waals surface area (Å²) in [5.74, 6) is 0.601. The van der Waals surface area contributed by atoms with Crippen LogP contribution in [0.2, 0.25) is 0 Å². The third-order valence-electron chi connectivity index (χ3n) is 4.23. The summed E-state index contributed by atoms with van der Waals surface area (Å²) in [6.45, 7) is 7.45. The third kappa shape index (κ3) is 4.68. The van der Waals surface area contributed by atoms with Crippen molar-refractivity contribution in [3.8, 4) is 0 Å². The first-order valence-corrected chi connectivity index (χ1v) is 8.30. The summed E-state index contributed by atoms with van der Waals surface area (Å²) in [6, 6.07) is 8.76. The maximum absolute atomic E-state index is 5.67. The molecule has 2 N–H and O–H groups in total. The highest BCUT2D eigenvalue weighted by molar-refractivity contribution is 7.80. The molecular weight excluding hydrogens is 280 g/mol. The minimum atomic E-state index is 0.242. The predicted molar refractivity (Wildman–Crippen MR) is 92.9 cm³/mol. The lowest BCUT2D eigenvalue weighted by molar-refractivity contribution is 0.0895. The fourth-order valence-electron chi connectivity index (χ4n) is 2.59. The second-order valence-corrected chi connectivity index (χ2v) is 6.28. The van der Waals surface area contributed by atoms with Gasteiger partial charge in [-0.3, -0.25) is 0 Å². The Bertz CT molecular complexity index is 454. The van der Waals surface area contributed by atoms with Gasteiger partial charge in [-0.1, -0.05) is 26.0 Å². The first-order valence-electron chi connectivity index (χ1n) is 7.89. The molecule has 1 saturated heterocycles. The summed E-state index contributed by atoms with van der Waals surface area (Å²) < 4.78 is 5.67. The van der Waals surface area contributed by atoms with E-state index in [1.807, 2.05) is 0 Å². The zero-order valence-electron chi connectivity index (χ0n) is 13.2. The zero-order chi connectivity index (χ0) is 15.2. The van der Waals surface area contributed by atoms with Gasteiger partial charge in [0.25, 0.3) is 0 Å². The van der Waals surface area contributed by atoms with Gasteiger partial charge in [-0.15, -0.1) is 0 Å². The van der Waals surface area contributed by atoms with Gasteiger partial charge in [0.05, 0.1) is 12.1 Å². The summed E-state index contributed by atoms with van der Waals surface area (Å²) in [5, 5.41) is 7.22. The number of benzene rings is 1. The first-order chi connectivity index (χ1) is 10.1. The molecule has 21 heavy (non-hydrogen) atoms. The molecule has 0 spiro atoms. The Kier molecular flexibility index (Phi) is 6.00. The van der Waals surface area contributed by atoms with Crippen LogP contribution in [0.5, 0.6) is 0 Å². The fourth-order valence-corrected chi connectivity index (χ4v) is 2.90. The minimum Gasteiger partial charge on any atom is -0.376 e. The SMILES string of the molecule is CC[C@H](C)c1ccc(NC(=S)N[C@H](C)[C@@H]2CCCO2)cc1. The lowest BCUT2D eigenvalue weighted by Gasteiger charge is -2.22. The van der Waals surface area contributed by atoms with Crippen molar-refractivity contribution in [3.63, 3.8) is 0 Å². The molecular formula is C17H26N2OS. The lowest BCUT2D eigenvalue weighted by atomic mass is 9.99. The van der Waals surface area contributed by atoms with Gasteiger partial charge in [0.2, 0.25) is 0 Å². The first kappa shape index (κ1) is 16.2. The molecule has 0 aromatic heterocycles. The molecule has 0 aliphatic carbocycles. The van der Waals surface area contributed by atoms with Gasteiger partial charge < -0.3 is 15.4 Å². The van der Waals surface area contributed by atoms with E-state index in [4.69, 9.17) is 17.0 Å². The number of thiocarbonyl (C=S) groups is 1. The average Bonchev–Trinajstić information content (AvgIpc) is 3.01. The van der Waals surface area contributed by atoms with Gasteiger partial charge in [-0.25, -0.2) is 0 Å². The molecule has 0 radical (unpaired) electrons. The van der Waals surface area contributed by atoms with Crippen molar-refractivity contribution in [3.05, 3.63) is 29.8 Å². The predicted octanol–water partition coefficient (Wildman–Crippen LogP) is 4.05. The summed E-state index contributed by atoms with van der Waals surface area (Å²) in [6.07, 6.45) is 3.69. The Hall–Kier alpha value is -1.13. The molecule has 0 amide bonds. The molecule has 2 rings (SSSR count). The van der Waals surface area contributed by atoms with E-state index >= 15 is 0 Å². The molecule has 0 unspecified atom stereocenters. The topological polar surface area (TPSA) is 33.3 Å². The van der Waals surface area contributed by atoms with Crippen molar-refractivity contribution in [1.29, 1.82) is 0 Å². The number of hydrogen-bond acceptors (Lipinski definition) is 2. The van der Waals surface area contributed by atoms with Crippen LogP contribution >= 0.6 is 12.2 Å². The zero-order valence-corrected chi connectivity index (χ0v) is 14.0. The van der Waals surface area contributed by atoms with Gasteiger partial charge in [-0.05, 0) is 62.0 Å². The molecule has 1 aromatic rings. The molecule has 4 heteroatoms. The highest BCUT2D eigenvalue weighted by Gasteiger charge is 2.22. The molecule has 0 saturated carbocycles. The maximum Gasteiger partial charge on any atom is 0.171 e. The van der Waals surface area contributed by atoms with Gasteiger partial charge in [-0.2, -0.15) is 0 Å². The molecule has 1 heterocycles. The summed E-state index contributed by atoms with van der Waals surface area (Å²) in [5.41, 5.74) is 2.40. The molecule has 1 aromatic carbocycles. The molecule has 3 atom stereocenters. The molecule has 3 nitrogen and oxygen atoms in total. The van der Waals surface area contributed by atoms with E-state index in [0.717, 1.165) is 31.6 Å². The molecule has 116 valence electrons. The Labute approximate surface area is 133 Å². The van der Waals surface area contributed by atoms with Crippen LogP contribution in [0.4, 0.5) is 5.69 Å². The number of hydrogen-bond donors (Lipinski definition) is 2.